The van der Waals surface area contributed by atoms with Gasteiger partial charge in [0.05, 0.1) is 19.7 Å². The van der Waals surface area contributed by atoms with E-state index in [0.29, 0.717) is 6.54 Å². The van der Waals surface area contributed by atoms with Gasteiger partial charge in [-0.2, -0.15) is 0 Å². The van der Waals surface area contributed by atoms with Crippen molar-refractivity contribution in [1.29, 1.82) is 0 Å². The second kappa shape index (κ2) is 7.50. The van der Waals surface area contributed by atoms with Crippen LogP contribution in [0.3, 0.4) is 0 Å². The molecule has 2 aromatic rings. The number of rotatable bonds is 4. The Labute approximate surface area is 155 Å². The number of carbonyl (C=O) groups excluding carboxylic acids is 1. The minimum atomic E-state index is 0.200. The lowest BCUT2D eigenvalue weighted by Crippen LogP contribution is -2.42. The van der Waals surface area contributed by atoms with Crippen LogP contribution in [0.4, 0.5) is 0 Å². The summed E-state index contributed by atoms with van der Waals surface area (Å²) in [5.74, 6) is 1.11. The van der Waals surface area contributed by atoms with E-state index in [2.05, 4.69) is 46.2 Å². The first-order chi connectivity index (χ1) is 12.7. The van der Waals surface area contributed by atoms with Crippen molar-refractivity contribution in [3.05, 3.63) is 65.2 Å². The van der Waals surface area contributed by atoms with E-state index in [-0.39, 0.29) is 11.9 Å². The molecule has 1 amide bonds. The molecule has 2 aliphatic rings. The second-order valence-electron chi connectivity index (χ2n) is 7.25. The van der Waals surface area contributed by atoms with E-state index in [1.165, 1.54) is 16.7 Å². The highest BCUT2D eigenvalue weighted by atomic mass is 16.5. The lowest BCUT2D eigenvalue weighted by Gasteiger charge is -2.31. The lowest BCUT2D eigenvalue weighted by atomic mass is 10.00. The number of methoxy groups -OCH3 is 1. The number of likely N-dealkylation sites (tertiary alicyclic amines) is 1. The van der Waals surface area contributed by atoms with Gasteiger partial charge in [0.1, 0.15) is 5.75 Å². The molecule has 0 bridgehead atoms. The van der Waals surface area contributed by atoms with E-state index in [4.69, 9.17) is 4.74 Å². The number of hydrogen-bond donors (Lipinski definition) is 0. The molecule has 0 aliphatic carbocycles. The first kappa shape index (κ1) is 17.1. The predicted molar refractivity (Wildman–Crippen MR) is 102 cm³/mol. The Morgan fingerprint density at radius 3 is 2.62 bits per heavy atom. The molecular weight excluding hydrogens is 324 g/mol. The summed E-state index contributed by atoms with van der Waals surface area (Å²) in [5, 5.41) is 0. The van der Waals surface area contributed by atoms with E-state index in [1.807, 2.05) is 12.1 Å². The fraction of sp³-hybridized carbons (Fsp3) is 0.409. The number of nitrogens with zero attached hydrogens (tertiary/aromatic N) is 2. The molecule has 0 spiro atoms. The molecule has 0 saturated carbocycles. The van der Waals surface area contributed by atoms with E-state index in [9.17, 15) is 4.79 Å². The summed E-state index contributed by atoms with van der Waals surface area (Å²) < 4.78 is 5.25. The summed E-state index contributed by atoms with van der Waals surface area (Å²) in [6, 6.07) is 16.9. The molecule has 1 fully saturated rings. The van der Waals surface area contributed by atoms with E-state index < -0.39 is 0 Å². The summed E-state index contributed by atoms with van der Waals surface area (Å²) in [6.45, 7) is 3.22. The molecule has 0 N–H and O–H groups in total. The van der Waals surface area contributed by atoms with Gasteiger partial charge >= 0.3 is 0 Å². The van der Waals surface area contributed by atoms with Gasteiger partial charge < -0.3 is 9.64 Å². The van der Waals surface area contributed by atoms with Crippen LogP contribution in [0.2, 0.25) is 0 Å². The van der Waals surface area contributed by atoms with Gasteiger partial charge in [-0.05, 0) is 48.1 Å². The van der Waals surface area contributed by atoms with Crippen molar-refractivity contribution in [2.75, 3.05) is 26.7 Å². The third kappa shape index (κ3) is 3.47. The number of fused-ring (bicyclic) bond motifs is 1. The number of amides is 1. The van der Waals surface area contributed by atoms with Crippen molar-refractivity contribution < 1.29 is 9.53 Å². The highest BCUT2D eigenvalue weighted by molar-refractivity contribution is 5.79. The quantitative estimate of drug-likeness (QED) is 0.847. The molecule has 26 heavy (non-hydrogen) atoms. The maximum atomic E-state index is 13.0. The Morgan fingerprint density at radius 1 is 1.08 bits per heavy atom. The van der Waals surface area contributed by atoms with Gasteiger partial charge in [-0.15, -0.1) is 0 Å². The van der Waals surface area contributed by atoms with E-state index >= 15 is 0 Å². The van der Waals surface area contributed by atoms with Crippen molar-refractivity contribution in [3.63, 3.8) is 0 Å². The van der Waals surface area contributed by atoms with Crippen molar-refractivity contribution in [2.45, 2.75) is 31.8 Å². The first-order valence-electron chi connectivity index (χ1n) is 9.47. The molecule has 4 nitrogen and oxygen atoms in total. The maximum Gasteiger partial charge on any atom is 0.237 e. The average Bonchev–Trinajstić information content (AvgIpc) is 3.18. The Kier molecular flexibility index (Phi) is 4.93. The molecule has 0 aromatic heterocycles. The van der Waals surface area contributed by atoms with Crippen LogP contribution < -0.4 is 4.74 Å². The summed E-state index contributed by atoms with van der Waals surface area (Å²) in [5.41, 5.74) is 3.99. The smallest absolute Gasteiger partial charge is 0.237 e. The van der Waals surface area contributed by atoms with Gasteiger partial charge in [-0.25, -0.2) is 0 Å². The summed E-state index contributed by atoms with van der Waals surface area (Å²) >= 11 is 0. The molecule has 4 rings (SSSR count). The number of carbonyl (C=O) groups is 1. The molecule has 4 heteroatoms. The van der Waals surface area contributed by atoms with Crippen LogP contribution in [0.25, 0.3) is 0 Å². The first-order valence-corrected chi connectivity index (χ1v) is 9.47. The molecule has 2 aliphatic heterocycles. The zero-order chi connectivity index (χ0) is 17.9. The molecule has 1 unspecified atom stereocenters. The highest BCUT2D eigenvalue weighted by Crippen LogP contribution is 2.33. The van der Waals surface area contributed by atoms with E-state index in [0.717, 1.165) is 44.6 Å². The molecular formula is C22H26N2O2. The van der Waals surface area contributed by atoms with Gasteiger partial charge in [0.15, 0.2) is 0 Å². The number of ether oxygens (including phenoxy) is 1. The number of benzene rings is 2. The fourth-order valence-electron chi connectivity index (χ4n) is 4.21. The SMILES string of the molecule is COc1ccc(C2CCCN2C(=O)CN2CCc3ccccc3C2)cc1. The van der Waals surface area contributed by atoms with Gasteiger partial charge in [0.25, 0.3) is 0 Å². The van der Waals surface area contributed by atoms with Crippen molar-refractivity contribution in [3.8, 4) is 5.75 Å². The van der Waals surface area contributed by atoms with Crippen LogP contribution in [0.5, 0.6) is 5.75 Å². The minimum absolute atomic E-state index is 0.200. The Bertz CT molecular complexity index is 772. The van der Waals surface area contributed by atoms with Gasteiger partial charge in [-0.3, -0.25) is 9.69 Å². The average molecular weight is 350 g/mol. The van der Waals surface area contributed by atoms with Gasteiger partial charge in [0.2, 0.25) is 5.91 Å². The van der Waals surface area contributed by atoms with Crippen LogP contribution in [-0.4, -0.2) is 42.5 Å². The standard InChI is InChI=1S/C22H26N2O2/c1-26-20-10-8-18(9-11-20)21-7-4-13-24(21)22(25)16-23-14-12-17-5-2-3-6-19(17)15-23/h2-3,5-6,8-11,21H,4,7,12-16H2,1H3. The molecule has 0 radical (unpaired) electrons. The van der Waals surface area contributed by atoms with Crippen molar-refractivity contribution in [2.24, 2.45) is 0 Å². The van der Waals surface area contributed by atoms with Crippen molar-refractivity contribution in [1.82, 2.24) is 9.80 Å². The van der Waals surface area contributed by atoms with Crippen LogP contribution in [0.1, 0.15) is 35.6 Å². The van der Waals surface area contributed by atoms with Gasteiger partial charge in [0, 0.05) is 19.6 Å². The van der Waals surface area contributed by atoms with Crippen LogP contribution in [-0.2, 0) is 17.8 Å². The topological polar surface area (TPSA) is 32.8 Å². The largest absolute Gasteiger partial charge is 0.497 e. The summed E-state index contributed by atoms with van der Waals surface area (Å²) in [7, 11) is 1.68. The predicted octanol–water partition coefficient (Wildman–Crippen LogP) is 3.42. The molecule has 2 aromatic carbocycles. The summed E-state index contributed by atoms with van der Waals surface area (Å²) in [6.07, 6.45) is 3.15. The zero-order valence-corrected chi connectivity index (χ0v) is 15.4. The maximum absolute atomic E-state index is 13.0. The van der Waals surface area contributed by atoms with Crippen LogP contribution in [0, 0.1) is 0 Å². The molecule has 2 heterocycles. The Hall–Kier alpha value is -2.33. The van der Waals surface area contributed by atoms with Gasteiger partial charge in [-0.1, -0.05) is 36.4 Å². The third-order valence-electron chi connectivity index (χ3n) is 5.64. The number of hydrogen-bond acceptors (Lipinski definition) is 3. The highest BCUT2D eigenvalue weighted by Gasteiger charge is 2.31. The van der Waals surface area contributed by atoms with Crippen molar-refractivity contribution >= 4 is 5.91 Å². The van der Waals surface area contributed by atoms with Crippen LogP contribution in [0.15, 0.2) is 48.5 Å². The van der Waals surface area contributed by atoms with E-state index in [1.54, 1.807) is 7.11 Å². The molecule has 1 atom stereocenters. The molecule has 1 saturated heterocycles. The lowest BCUT2D eigenvalue weighted by molar-refractivity contribution is -0.133. The third-order valence-corrected chi connectivity index (χ3v) is 5.64. The minimum Gasteiger partial charge on any atom is -0.497 e. The fourth-order valence-corrected chi connectivity index (χ4v) is 4.21. The Morgan fingerprint density at radius 2 is 1.85 bits per heavy atom. The summed E-state index contributed by atoms with van der Waals surface area (Å²) in [4.78, 5) is 17.3. The molecule has 136 valence electrons. The second-order valence-corrected chi connectivity index (χ2v) is 7.25. The van der Waals surface area contributed by atoms with Crippen LogP contribution >= 0.6 is 0 Å². The zero-order valence-electron chi connectivity index (χ0n) is 15.4. The monoisotopic (exact) mass is 350 g/mol. The Balaban J connectivity index is 1.42. The normalized spacial score (nSPS) is 20.0.